The van der Waals surface area contributed by atoms with Crippen molar-refractivity contribution in [3.63, 3.8) is 0 Å². The van der Waals surface area contributed by atoms with Crippen LogP contribution in [-0.2, 0) is 14.8 Å². The second kappa shape index (κ2) is 6.62. The van der Waals surface area contributed by atoms with E-state index in [4.69, 9.17) is 0 Å². The van der Waals surface area contributed by atoms with E-state index < -0.39 is 15.9 Å². The van der Waals surface area contributed by atoms with Crippen LogP contribution in [0, 0.1) is 0 Å². The van der Waals surface area contributed by atoms with E-state index in [1.807, 2.05) is 0 Å². The van der Waals surface area contributed by atoms with Crippen LogP contribution < -0.4 is 10.1 Å². The largest absolute Gasteiger partial charge is 0.272 e. The summed E-state index contributed by atoms with van der Waals surface area (Å²) in [4.78, 5) is 11.7. The summed E-state index contributed by atoms with van der Waals surface area (Å²) in [5.74, 6) is -0.469. The van der Waals surface area contributed by atoms with Crippen molar-refractivity contribution < 1.29 is 13.2 Å². The van der Waals surface area contributed by atoms with E-state index in [0.29, 0.717) is 0 Å². The lowest BCUT2D eigenvalue weighted by atomic mass is 10.3. The third-order valence-electron chi connectivity index (χ3n) is 3.00. The first kappa shape index (κ1) is 14.7. The smallest absolute Gasteiger partial charge is 0.255 e. The van der Waals surface area contributed by atoms with E-state index in [-0.39, 0.29) is 11.4 Å². The molecule has 0 aromatic heterocycles. The normalized spacial score (nSPS) is 15.1. The molecule has 1 aromatic rings. The van der Waals surface area contributed by atoms with Gasteiger partial charge in [0.1, 0.15) is 0 Å². The summed E-state index contributed by atoms with van der Waals surface area (Å²) in [5, 5.41) is 3.98. The lowest BCUT2D eigenvalue weighted by molar-refractivity contribution is -0.119. The minimum atomic E-state index is -3.65. The van der Waals surface area contributed by atoms with Crippen LogP contribution in [-0.4, -0.2) is 26.6 Å². The molecule has 7 heteroatoms. The Hall–Kier alpha value is -1.73. The molecule has 0 bridgehead atoms. The van der Waals surface area contributed by atoms with E-state index in [2.05, 4.69) is 15.2 Å². The summed E-state index contributed by atoms with van der Waals surface area (Å²) in [6.45, 7) is -0.325. The van der Waals surface area contributed by atoms with Gasteiger partial charge in [-0.1, -0.05) is 18.2 Å². The Morgan fingerprint density at radius 1 is 1.15 bits per heavy atom. The first-order chi connectivity index (χ1) is 9.58. The van der Waals surface area contributed by atoms with Gasteiger partial charge < -0.3 is 0 Å². The molecule has 20 heavy (non-hydrogen) atoms. The first-order valence-electron chi connectivity index (χ1n) is 6.47. The van der Waals surface area contributed by atoms with Crippen LogP contribution in [0.15, 0.2) is 40.3 Å². The molecule has 0 saturated heterocycles. The minimum Gasteiger partial charge on any atom is -0.272 e. The lowest BCUT2D eigenvalue weighted by Gasteiger charge is -2.06. The molecule has 0 heterocycles. The number of hydrazone groups is 1. The van der Waals surface area contributed by atoms with Crippen LogP contribution in [0.3, 0.4) is 0 Å². The highest BCUT2D eigenvalue weighted by Crippen LogP contribution is 2.13. The van der Waals surface area contributed by atoms with E-state index in [1.165, 1.54) is 12.1 Å². The number of hydrogen-bond donors (Lipinski definition) is 2. The number of nitrogens with zero attached hydrogens (tertiary/aromatic N) is 1. The third kappa shape index (κ3) is 4.14. The summed E-state index contributed by atoms with van der Waals surface area (Å²) < 4.78 is 26.0. The average Bonchev–Trinajstić information content (AvgIpc) is 2.97. The fourth-order valence-corrected chi connectivity index (χ4v) is 2.92. The number of carbonyl (C=O) groups excluding carboxylic acids is 1. The molecule has 1 amide bonds. The van der Waals surface area contributed by atoms with Crippen LogP contribution in [0.2, 0.25) is 0 Å². The molecular weight excluding hydrogens is 278 g/mol. The van der Waals surface area contributed by atoms with Gasteiger partial charge >= 0.3 is 0 Å². The molecule has 0 aliphatic heterocycles. The van der Waals surface area contributed by atoms with Gasteiger partial charge in [0, 0.05) is 5.71 Å². The van der Waals surface area contributed by atoms with E-state index in [9.17, 15) is 13.2 Å². The Labute approximate surface area is 118 Å². The van der Waals surface area contributed by atoms with Crippen LogP contribution in [0.25, 0.3) is 0 Å². The summed E-state index contributed by atoms with van der Waals surface area (Å²) in [5.41, 5.74) is 3.33. The molecule has 2 N–H and O–H groups in total. The zero-order chi connectivity index (χ0) is 14.4. The molecule has 0 radical (unpaired) electrons. The number of sulfonamides is 1. The number of rotatable bonds is 5. The van der Waals surface area contributed by atoms with Crippen LogP contribution in [0.5, 0.6) is 0 Å². The van der Waals surface area contributed by atoms with Crippen molar-refractivity contribution in [2.45, 2.75) is 30.6 Å². The second-order valence-electron chi connectivity index (χ2n) is 4.56. The average molecular weight is 295 g/mol. The Kier molecular flexibility index (Phi) is 4.86. The predicted octanol–water partition coefficient (Wildman–Crippen LogP) is 1.01. The van der Waals surface area contributed by atoms with Crippen molar-refractivity contribution in [2.24, 2.45) is 5.10 Å². The van der Waals surface area contributed by atoms with Gasteiger partial charge in [0.25, 0.3) is 5.91 Å². The number of carbonyl (C=O) groups is 1. The Balaban J connectivity index is 1.85. The first-order valence-corrected chi connectivity index (χ1v) is 7.95. The van der Waals surface area contributed by atoms with Gasteiger partial charge in [-0.15, -0.1) is 0 Å². The quantitative estimate of drug-likeness (QED) is 0.795. The van der Waals surface area contributed by atoms with Gasteiger partial charge in [0.2, 0.25) is 10.0 Å². The Morgan fingerprint density at radius 3 is 2.45 bits per heavy atom. The van der Waals surface area contributed by atoms with Crippen molar-refractivity contribution in [3.8, 4) is 0 Å². The standard InChI is InChI=1S/C13H17N3O3S/c17-13(16-15-11-6-4-5-7-11)10-14-20(18,19)12-8-2-1-3-9-12/h1-3,8-9,14H,4-7,10H2,(H,16,17). The highest BCUT2D eigenvalue weighted by molar-refractivity contribution is 7.89. The second-order valence-corrected chi connectivity index (χ2v) is 6.32. The number of amides is 1. The molecule has 1 aromatic carbocycles. The van der Waals surface area contributed by atoms with Crippen molar-refractivity contribution in [3.05, 3.63) is 30.3 Å². The van der Waals surface area contributed by atoms with Crippen molar-refractivity contribution >= 4 is 21.6 Å². The molecule has 2 rings (SSSR count). The maximum Gasteiger partial charge on any atom is 0.255 e. The van der Waals surface area contributed by atoms with E-state index in [1.54, 1.807) is 18.2 Å². The highest BCUT2D eigenvalue weighted by Gasteiger charge is 2.15. The maximum absolute atomic E-state index is 11.9. The van der Waals surface area contributed by atoms with E-state index in [0.717, 1.165) is 31.4 Å². The number of benzene rings is 1. The minimum absolute atomic E-state index is 0.134. The third-order valence-corrected chi connectivity index (χ3v) is 4.41. The number of nitrogens with one attached hydrogen (secondary N) is 2. The van der Waals surface area contributed by atoms with Crippen molar-refractivity contribution in [1.29, 1.82) is 0 Å². The summed E-state index contributed by atoms with van der Waals surface area (Å²) in [7, 11) is -3.65. The molecule has 6 nitrogen and oxygen atoms in total. The highest BCUT2D eigenvalue weighted by atomic mass is 32.2. The Morgan fingerprint density at radius 2 is 1.80 bits per heavy atom. The van der Waals surface area contributed by atoms with Gasteiger partial charge in [0.15, 0.2) is 0 Å². The molecule has 1 fully saturated rings. The van der Waals surface area contributed by atoms with Crippen LogP contribution in [0.4, 0.5) is 0 Å². The van der Waals surface area contributed by atoms with Crippen LogP contribution >= 0.6 is 0 Å². The maximum atomic E-state index is 11.9. The van der Waals surface area contributed by atoms with Crippen LogP contribution in [0.1, 0.15) is 25.7 Å². The van der Waals surface area contributed by atoms with Crippen molar-refractivity contribution in [1.82, 2.24) is 10.1 Å². The molecule has 1 saturated carbocycles. The molecule has 0 unspecified atom stereocenters. The molecule has 1 aliphatic rings. The molecule has 0 atom stereocenters. The fraction of sp³-hybridized carbons (Fsp3) is 0.385. The summed E-state index contributed by atoms with van der Waals surface area (Å²) in [6, 6.07) is 7.92. The zero-order valence-corrected chi connectivity index (χ0v) is 11.8. The summed E-state index contributed by atoms with van der Waals surface area (Å²) in [6.07, 6.45) is 3.98. The molecule has 108 valence electrons. The topological polar surface area (TPSA) is 87.6 Å². The van der Waals surface area contributed by atoms with Crippen molar-refractivity contribution in [2.75, 3.05) is 6.54 Å². The number of hydrogen-bond acceptors (Lipinski definition) is 4. The van der Waals surface area contributed by atoms with Gasteiger partial charge in [-0.05, 0) is 37.8 Å². The summed E-state index contributed by atoms with van der Waals surface area (Å²) >= 11 is 0. The monoisotopic (exact) mass is 295 g/mol. The molecule has 0 spiro atoms. The Bertz CT molecular complexity index is 589. The van der Waals surface area contributed by atoms with Gasteiger partial charge in [-0.2, -0.15) is 5.10 Å². The lowest BCUT2D eigenvalue weighted by Crippen LogP contribution is -2.35. The van der Waals surface area contributed by atoms with E-state index >= 15 is 0 Å². The predicted molar refractivity (Wildman–Crippen MR) is 75.7 cm³/mol. The van der Waals surface area contributed by atoms with Gasteiger partial charge in [0.05, 0.1) is 11.4 Å². The SMILES string of the molecule is O=C(CNS(=O)(=O)c1ccccc1)NN=C1CCCC1. The molecule has 1 aliphatic carbocycles. The molecular formula is C13H17N3O3S. The van der Waals surface area contributed by atoms with Gasteiger partial charge in [-0.3, -0.25) is 4.79 Å². The zero-order valence-electron chi connectivity index (χ0n) is 11.0. The fourth-order valence-electron chi connectivity index (χ4n) is 1.92. The van der Waals surface area contributed by atoms with Gasteiger partial charge in [-0.25, -0.2) is 18.6 Å².